The number of hydrogen-bond donors (Lipinski definition) is 2. The van der Waals surface area contributed by atoms with Gasteiger partial charge in [0.25, 0.3) is 0 Å². The monoisotopic (exact) mass is 239 g/mol. The fraction of sp³-hybridized carbons (Fsp3) is 0.500. The molecule has 0 aliphatic rings. The smallest absolute Gasteiger partial charge is 0.355 e. The number of H-pyrrole nitrogens is 1. The Kier molecular flexibility index (Phi) is 4.31. The van der Waals surface area contributed by atoms with Crippen LogP contribution in [0.1, 0.15) is 52.9 Å². The first-order valence-corrected chi connectivity index (χ1v) is 5.70. The Morgan fingerprint density at radius 3 is 2.06 bits per heavy atom. The Balaban J connectivity index is 3.30. The van der Waals surface area contributed by atoms with E-state index in [9.17, 15) is 9.59 Å². The largest absolute Gasteiger partial charge is 0.477 e. The zero-order valence-corrected chi connectivity index (χ0v) is 10.3. The van der Waals surface area contributed by atoms with Crippen molar-refractivity contribution in [2.45, 2.75) is 33.6 Å². The summed E-state index contributed by atoms with van der Waals surface area (Å²) >= 11 is 0. The molecule has 0 saturated heterocycles. The van der Waals surface area contributed by atoms with Crippen LogP contribution < -0.4 is 0 Å². The molecule has 0 spiro atoms. The van der Waals surface area contributed by atoms with Gasteiger partial charge in [0.1, 0.15) is 11.4 Å². The van der Waals surface area contributed by atoms with E-state index in [1.54, 1.807) is 6.92 Å². The number of ether oxygens (including phenoxy) is 1. The van der Waals surface area contributed by atoms with E-state index in [-0.39, 0.29) is 18.0 Å². The highest BCUT2D eigenvalue weighted by Gasteiger charge is 2.23. The molecular weight excluding hydrogens is 222 g/mol. The Labute approximate surface area is 99.8 Å². The number of carbonyl (C=O) groups excluding carboxylic acids is 1. The molecule has 1 aromatic rings. The SMILES string of the molecule is CCOC(=O)c1[nH]c(C(=O)O)c(CC)c1CC. The first-order chi connectivity index (χ1) is 8.06. The number of nitrogens with one attached hydrogen (secondary N) is 1. The summed E-state index contributed by atoms with van der Waals surface area (Å²) in [6.07, 6.45) is 1.17. The third-order valence-electron chi connectivity index (χ3n) is 2.62. The molecule has 1 rings (SSSR count). The Morgan fingerprint density at radius 2 is 1.65 bits per heavy atom. The van der Waals surface area contributed by atoms with Crippen LogP contribution in [0.25, 0.3) is 0 Å². The number of rotatable bonds is 5. The van der Waals surface area contributed by atoms with Gasteiger partial charge < -0.3 is 14.8 Å². The average molecular weight is 239 g/mol. The van der Waals surface area contributed by atoms with Crippen LogP contribution in [0, 0.1) is 0 Å². The molecule has 5 heteroatoms. The minimum absolute atomic E-state index is 0.0902. The van der Waals surface area contributed by atoms with Crippen molar-refractivity contribution in [3.63, 3.8) is 0 Å². The lowest BCUT2D eigenvalue weighted by Crippen LogP contribution is -2.08. The highest BCUT2D eigenvalue weighted by Crippen LogP contribution is 2.21. The van der Waals surface area contributed by atoms with Gasteiger partial charge >= 0.3 is 11.9 Å². The summed E-state index contributed by atoms with van der Waals surface area (Å²) < 4.78 is 4.90. The number of aromatic amines is 1. The molecule has 1 heterocycles. The molecule has 0 aliphatic carbocycles. The van der Waals surface area contributed by atoms with Gasteiger partial charge in [-0.1, -0.05) is 13.8 Å². The lowest BCUT2D eigenvalue weighted by atomic mass is 10.0. The molecule has 0 aromatic carbocycles. The van der Waals surface area contributed by atoms with Crippen LogP contribution >= 0.6 is 0 Å². The molecule has 94 valence electrons. The van der Waals surface area contributed by atoms with Crippen molar-refractivity contribution in [2.24, 2.45) is 0 Å². The van der Waals surface area contributed by atoms with Crippen LogP contribution in [0.2, 0.25) is 0 Å². The van der Waals surface area contributed by atoms with Crippen molar-refractivity contribution < 1.29 is 19.4 Å². The molecule has 1 aromatic heterocycles. The van der Waals surface area contributed by atoms with Crippen LogP contribution in [0.15, 0.2) is 0 Å². The van der Waals surface area contributed by atoms with E-state index in [0.717, 1.165) is 5.56 Å². The summed E-state index contributed by atoms with van der Waals surface area (Å²) in [7, 11) is 0. The topological polar surface area (TPSA) is 79.4 Å². The summed E-state index contributed by atoms with van der Waals surface area (Å²) in [6.45, 7) is 5.73. The zero-order valence-electron chi connectivity index (χ0n) is 10.3. The van der Waals surface area contributed by atoms with Gasteiger partial charge in [-0.2, -0.15) is 0 Å². The van der Waals surface area contributed by atoms with E-state index in [1.165, 1.54) is 0 Å². The number of aromatic nitrogens is 1. The van der Waals surface area contributed by atoms with Crippen molar-refractivity contribution >= 4 is 11.9 Å². The highest BCUT2D eigenvalue weighted by molar-refractivity contribution is 5.95. The molecule has 0 saturated carbocycles. The van der Waals surface area contributed by atoms with Gasteiger partial charge in [-0.15, -0.1) is 0 Å². The maximum Gasteiger partial charge on any atom is 0.355 e. The third kappa shape index (κ3) is 2.49. The van der Waals surface area contributed by atoms with Gasteiger partial charge in [-0.25, -0.2) is 9.59 Å². The van der Waals surface area contributed by atoms with Gasteiger partial charge in [0.05, 0.1) is 6.61 Å². The van der Waals surface area contributed by atoms with E-state index in [0.29, 0.717) is 18.4 Å². The molecule has 17 heavy (non-hydrogen) atoms. The number of hydrogen-bond acceptors (Lipinski definition) is 3. The van der Waals surface area contributed by atoms with Crippen molar-refractivity contribution in [2.75, 3.05) is 6.61 Å². The molecule has 0 atom stereocenters. The van der Waals surface area contributed by atoms with Gasteiger partial charge in [0, 0.05) is 0 Å². The number of esters is 1. The summed E-state index contributed by atoms with van der Waals surface area (Å²) in [5.74, 6) is -1.54. The molecule has 0 amide bonds. The van der Waals surface area contributed by atoms with Crippen LogP contribution in [0.4, 0.5) is 0 Å². The maximum atomic E-state index is 11.7. The number of carboxylic acids is 1. The molecule has 0 fully saturated rings. The predicted molar refractivity (Wildman–Crippen MR) is 62.5 cm³/mol. The minimum Gasteiger partial charge on any atom is -0.477 e. The fourth-order valence-electron chi connectivity index (χ4n) is 1.92. The van der Waals surface area contributed by atoms with Gasteiger partial charge in [-0.3, -0.25) is 0 Å². The second kappa shape index (κ2) is 5.52. The Morgan fingerprint density at radius 1 is 1.12 bits per heavy atom. The Bertz CT molecular complexity index is 434. The zero-order chi connectivity index (χ0) is 13.0. The first-order valence-electron chi connectivity index (χ1n) is 5.70. The van der Waals surface area contributed by atoms with Crippen LogP contribution in [-0.2, 0) is 17.6 Å². The van der Waals surface area contributed by atoms with Crippen molar-refractivity contribution in [1.29, 1.82) is 0 Å². The van der Waals surface area contributed by atoms with E-state index in [1.807, 2.05) is 13.8 Å². The molecule has 0 radical (unpaired) electrons. The maximum absolute atomic E-state index is 11.7. The lowest BCUT2D eigenvalue weighted by molar-refractivity contribution is 0.0519. The van der Waals surface area contributed by atoms with E-state index >= 15 is 0 Å². The second-order valence-corrected chi connectivity index (χ2v) is 3.56. The van der Waals surface area contributed by atoms with Gasteiger partial charge in [-0.05, 0) is 30.9 Å². The van der Waals surface area contributed by atoms with Crippen LogP contribution in [0.5, 0.6) is 0 Å². The standard InChI is InChI=1S/C12H17NO4/c1-4-7-8(5-2)10(12(16)17-6-3)13-9(7)11(14)15/h13H,4-6H2,1-3H3,(H,14,15). The first kappa shape index (κ1) is 13.3. The quantitative estimate of drug-likeness (QED) is 0.770. The Hall–Kier alpha value is -1.78. The van der Waals surface area contributed by atoms with Crippen molar-refractivity contribution in [3.8, 4) is 0 Å². The summed E-state index contributed by atoms with van der Waals surface area (Å²) in [4.78, 5) is 25.4. The number of carboxylic acid groups (broad SMARTS) is 1. The summed E-state index contributed by atoms with van der Waals surface area (Å²) in [5.41, 5.74) is 1.78. The van der Waals surface area contributed by atoms with Crippen LogP contribution in [-0.4, -0.2) is 28.6 Å². The number of carbonyl (C=O) groups is 2. The highest BCUT2D eigenvalue weighted by atomic mass is 16.5. The molecular formula is C12H17NO4. The lowest BCUT2D eigenvalue weighted by Gasteiger charge is -2.03. The fourth-order valence-corrected chi connectivity index (χ4v) is 1.92. The average Bonchev–Trinajstić information content (AvgIpc) is 2.67. The van der Waals surface area contributed by atoms with Gasteiger partial charge in [0.2, 0.25) is 0 Å². The minimum atomic E-state index is -1.05. The molecule has 0 unspecified atom stereocenters. The molecule has 0 aliphatic heterocycles. The summed E-state index contributed by atoms with van der Waals surface area (Å²) in [5, 5.41) is 9.06. The molecule has 2 N–H and O–H groups in total. The normalized spacial score (nSPS) is 10.3. The number of aromatic carboxylic acids is 1. The summed E-state index contributed by atoms with van der Waals surface area (Å²) in [6, 6.07) is 0. The van der Waals surface area contributed by atoms with Crippen molar-refractivity contribution in [1.82, 2.24) is 4.98 Å². The van der Waals surface area contributed by atoms with Gasteiger partial charge in [0.15, 0.2) is 0 Å². The van der Waals surface area contributed by atoms with E-state index in [2.05, 4.69) is 4.98 Å². The van der Waals surface area contributed by atoms with E-state index in [4.69, 9.17) is 9.84 Å². The van der Waals surface area contributed by atoms with E-state index < -0.39 is 11.9 Å². The van der Waals surface area contributed by atoms with Crippen LogP contribution in [0.3, 0.4) is 0 Å². The predicted octanol–water partition coefficient (Wildman–Crippen LogP) is 2.01. The third-order valence-corrected chi connectivity index (χ3v) is 2.62. The van der Waals surface area contributed by atoms with Crippen molar-refractivity contribution in [3.05, 3.63) is 22.5 Å². The molecule has 0 bridgehead atoms. The molecule has 5 nitrogen and oxygen atoms in total. The second-order valence-electron chi connectivity index (χ2n) is 3.56.